The number of hydrogen-bond acceptors (Lipinski definition) is 10. The fraction of sp³-hybridized carbons (Fsp3) is 0.429. The molecule has 1 saturated heterocycles. The van der Waals surface area contributed by atoms with Crippen molar-refractivity contribution >= 4 is 64.8 Å². The Hall–Kier alpha value is -2.76. The molecule has 0 amide bonds. The molecule has 0 radical (unpaired) electrons. The van der Waals surface area contributed by atoms with E-state index < -0.39 is 21.4 Å². The van der Waals surface area contributed by atoms with Crippen LogP contribution < -0.4 is 27.5 Å². The molecule has 0 spiro atoms. The lowest BCUT2D eigenvalue weighted by molar-refractivity contribution is 0.00578. The Kier molecular flexibility index (Phi) is 10.8. The van der Waals surface area contributed by atoms with E-state index in [9.17, 15) is 9.13 Å². The molecule has 1 aliphatic rings. The van der Waals surface area contributed by atoms with Crippen LogP contribution in [0.4, 0.5) is 11.4 Å². The normalized spacial score (nSPS) is 15.7. The zero-order valence-electron chi connectivity index (χ0n) is 26.9. The van der Waals surface area contributed by atoms with Gasteiger partial charge in [-0.1, -0.05) is 6.07 Å². The highest BCUT2D eigenvalue weighted by Crippen LogP contribution is 2.39. The van der Waals surface area contributed by atoms with Gasteiger partial charge in [-0.05, 0) is 106 Å². The minimum atomic E-state index is -2.42. The van der Waals surface area contributed by atoms with E-state index in [-0.39, 0.29) is 11.2 Å². The monoisotopic (exact) mass is 706 g/mol. The number of nitrogens with two attached hydrogens (primary N) is 2. The van der Waals surface area contributed by atoms with Crippen molar-refractivity contribution < 1.29 is 18.4 Å². The van der Waals surface area contributed by atoms with Crippen LogP contribution in [0.25, 0.3) is 11.4 Å². The van der Waals surface area contributed by atoms with Crippen LogP contribution in [-0.2, 0) is 32.5 Å². The van der Waals surface area contributed by atoms with E-state index in [1.807, 2.05) is 66.1 Å². The first-order valence-electron chi connectivity index (χ1n) is 13.7. The standard InChI is InChI=1S/C14H23BNO3P.C11H15N4OP.C3H4BrN3/c1-13(2)14(3,4)19-15(18-13)10-7-8-11(16)12(9-10)20(5,6)17;1-15-11(13-7-14-15)8-4-5-9(12)10(6-8)17(2,3)16;1-7-3(4)5-2-6-7/h7-9H,16H2,1-6H3;4-7H,12H2,1-3H3;2H,1H3. The lowest BCUT2D eigenvalue weighted by Crippen LogP contribution is -2.41. The molecule has 2 aromatic carbocycles. The molecule has 0 unspecified atom stereocenters. The highest BCUT2D eigenvalue weighted by atomic mass is 79.9. The van der Waals surface area contributed by atoms with Crippen molar-refractivity contribution in [3.63, 3.8) is 0 Å². The van der Waals surface area contributed by atoms with E-state index in [2.05, 4.69) is 36.1 Å². The molecule has 44 heavy (non-hydrogen) atoms. The summed E-state index contributed by atoms with van der Waals surface area (Å²) >= 11 is 3.15. The number of anilines is 2. The number of nitrogens with zero attached hydrogens (tertiary/aromatic N) is 6. The Labute approximate surface area is 268 Å². The molecule has 2 aromatic heterocycles. The van der Waals surface area contributed by atoms with Crippen LogP contribution in [-0.4, -0.2) is 74.5 Å². The lowest BCUT2D eigenvalue weighted by atomic mass is 9.79. The van der Waals surface area contributed by atoms with Gasteiger partial charge in [0.15, 0.2) is 10.6 Å². The SMILES string of the molecule is CC1(C)OB(c2ccc(N)c(P(C)(C)=O)c2)OC1(C)C.Cn1ncnc1-c1ccc(N)c(P(C)(C)=O)c1.Cn1ncnc1Br. The van der Waals surface area contributed by atoms with Crippen molar-refractivity contribution in [3.05, 3.63) is 53.8 Å². The van der Waals surface area contributed by atoms with E-state index in [0.717, 1.165) is 21.6 Å². The average Bonchev–Trinajstić information content (AvgIpc) is 3.55. The van der Waals surface area contributed by atoms with Crippen LogP contribution in [0.5, 0.6) is 0 Å². The largest absolute Gasteiger partial charge is 0.494 e. The van der Waals surface area contributed by atoms with Crippen LogP contribution in [0.3, 0.4) is 0 Å². The highest BCUT2D eigenvalue weighted by Gasteiger charge is 2.51. The number of benzene rings is 2. The van der Waals surface area contributed by atoms with Crippen LogP contribution in [0.2, 0.25) is 0 Å². The zero-order chi connectivity index (χ0) is 33.3. The van der Waals surface area contributed by atoms with Crippen LogP contribution in [0.15, 0.2) is 53.8 Å². The number of halogens is 1. The van der Waals surface area contributed by atoms with Crippen molar-refractivity contribution in [1.82, 2.24) is 29.5 Å². The summed E-state index contributed by atoms with van der Waals surface area (Å²) in [4.78, 5) is 7.94. The van der Waals surface area contributed by atoms with E-state index in [1.165, 1.54) is 12.7 Å². The molecule has 5 rings (SSSR count). The molecule has 4 N–H and O–H groups in total. The zero-order valence-corrected chi connectivity index (χ0v) is 30.3. The molecule has 0 saturated carbocycles. The van der Waals surface area contributed by atoms with Crippen molar-refractivity contribution in [3.8, 4) is 11.4 Å². The van der Waals surface area contributed by atoms with Gasteiger partial charge < -0.3 is 29.9 Å². The summed E-state index contributed by atoms with van der Waals surface area (Å²) in [6.07, 6.45) is 2.98. The van der Waals surface area contributed by atoms with Gasteiger partial charge in [-0.3, -0.25) is 0 Å². The summed E-state index contributed by atoms with van der Waals surface area (Å²) in [5.74, 6) is 0.736. The number of aromatic nitrogens is 6. The second kappa shape index (κ2) is 13.3. The number of hydrogen-bond donors (Lipinski definition) is 2. The average molecular weight is 707 g/mol. The highest BCUT2D eigenvalue weighted by molar-refractivity contribution is 9.10. The molecule has 0 bridgehead atoms. The van der Waals surface area contributed by atoms with E-state index in [1.54, 1.807) is 48.2 Å². The number of nitrogen functional groups attached to an aromatic ring is 2. The van der Waals surface area contributed by atoms with Gasteiger partial charge in [-0.25, -0.2) is 19.3 Å². The summed E-state index contributed by atoms with van der Waals surface area (Å²) in [6.45, 7) is 14.9. The Bertz CT molecular complexity index is 1680. The Morgan fingerprint density at radius 3 is 1.66 bits per heavy atom. The predicted molar refractivity (Wildman–Crippen MR) is 184 cm³/mol. The first kappa shape index (κ1) is 35.7. The predicted octanol–water partition coefficient (Wildman–Crippen LogP) is 3.71. The molecular formula is C28H42BBrN8O4P2. The van der Waals surface area contributed by atoms with E-state index in [0.29, 0.717) is 22.0 Å². The molecule has 0 aliphatic carbocycles. The Morgan fingerprint density at radius 2 is 1.25 bits per heavy atom. The van der Waals surface area contributed by atoms with Gasteiger partial charge in [0.1, 0.15) is 26.9 Å². The summed E-state index contributed by atoms with van der Waals surface area (Å²) in [7, 11) is -1.63. The second-order valence-electron chi connectivity index (χ2n) is 12.2. The van der Waals surface area contributed by atoms with Crippen LogP contribution in [0.1, 0.15) is 27.7 Å². The van der Waals surface area contributed by atoms with Crippen molar-refractivity contribution in [2.45, 2.75) is 38.9 Å². The third-order valence-electron chi connectivity index (χ3n) is 7.40. The molecule has 3 heterocycles. The third kappa shape index (κ3) is 8.49. The van der Waals surface area contributed by atoms with E-state index in [4.69, 9.17) is 20.8 Å². The summed E-state index contributed by atoms with van der Waals surface area (Å²) in [5, 5.41) is 9.16. The first-order chi connectivity index (χ1) is 20.1. The molecule has 0 atom stereocenters. The topological polar surface area (TPSA) is 166 Å². The van der Waals surface area contributed by atoms with Crippen molar-refractivity contribution in [2.24, 2.45) is 14.1 Å². The molecular weight excluding hydrogens is 665 g/mol. The fourth-order valence-corrected chi connectivity index (χ4v) is 6.63. The van der Waals surface area contributed by atoms with Gasteiger partial charge in [-0.15, -0.1) is 0 Å². The number of rotatable bonds is 4. The van der Waals surface area contributed by atoms with Gasteiger partial charge in [0.2, 0.25) is 0 Å². The minimum absolute atomic E-state index is 0.388. The maximum atomic E-state index is 12.3. The van der Waals surface area contributed by atoms with Gasteiger partial charge in [-0.2, -0.15) is 10.2 Å². The molecule has 238 valence electrons. The van der Waals surface area contributed by atoms with Crippen molar-refractivity contribution in [1.29, 1.82) is 0 Å². The molecule has 4 aromatic rings. The summed E-state index contributed by atoms with van der Waals surface area (Å²) < 4.78 is 40.5. The Balaban J connectivity index is 0.000000199. The molecule has 1 fully saturated rings. The van der Waals surface area contributed by atoms with Gasteiger partial charge in [0.05, 0.1) is 11.2 Å². The first-order valence-corrected chi connectivity index (χ1v) is 19.7. The Morgan fingerprint density at radius 1 is 0.773 bits per heavy atom. The fourth-order valence-electron chi connectivity index (χ4n) is 4.14. The minimum Gasteiger partial charge on any atom is -0.399 e. The number of aryl methyl sites for hydroxylation is 2. The molecule has 16 heteroatoms. The van der Waals surface area contributed by atoms with Crippen molar-refractivity contribution in [2.75, 3.05) is 38.1 Å². The van der Waals surface area contributed by atoms with Crippen LogP contribution >= 0.6 is 30.2 Å². The summed E-state index contributed by atoms with van der Waals surface area (Å²) in [5.41, 5.74) is 13.8. The molecule has 12 nitrogen and oxygen atoms in total. The lowest BCUT2D eigenvalue weighted by Gasteiger charge is -2.32. The molecule has 1 aliphatic heterocycles. The maximum absolute atomic E-state index is 12.3. The quantitative estimate of drug-likeness (QED) is 0.182. The summed E-state index contributed by atoms with van der Waals surface area (Å²) in [6, 6.07) is 10.9. The van der Waals surface area contributed by atoms with E-state index >= 15 is 0 Å². The van der Waals surface area contributed by atoms with Gasteiger partial charge >= 0.3 is 7.12 Å². The second-order valence-corrected chi connectivity index (χ2v) is 19.3. The van der Waals surface area contributed by atoms with Crippen LogP contribution in [0, 0.1) is 0 Å². The third-order valence-corrected chi connectivity index (χ3v) is 11.2. The van der Waals surface area contributed by atoms with Gasteiger partial charge in [0, 0.05) is 41.6 Å². The smallest absolute Gasteiger partial charge is 0.399 e. The maximum Gasteiger partial charge on any atom is 0.494 e. The van der Waals surface area contributed by atoms with Gasteiger partial charge in [0.25, 0.3) is 0 Å².